The van der Waals surface area contributed by atoms with Crippen molar-refractivity contribution < 1.29 is 18.3 Å². The molecular formula is C10H9F2NO2. The number of isocyanates is 1. The topological polar surface area (TPSA) is 38.7 Å². The number of hydrogen-bond donors (Lipinski definition) is 0. The van der Waals surface area contributed by atoms with Gasteiger partial charge in [-0.2, -0.15) is 8.78 Å². The molecule has 0 aliphatic heterocycles. The van der Waals surface area contributed by atoms with Crippen molar-refractivity contribution in [2.75, 3.05) is 6.61 Å². The van der Waals surface area contributed by atoms with E-state index in [4.69, 9.17) is 4.74 Å². The summed E-state index contributed by atoms with van der Waals surface area (Å²) in [5.74, 6) is 0.0176. The second-order valence-corrected chi connectivity index (χ2v) is 2.67. The molecule has 0 amide bonds. The summed E-state index contributed by atoms with van der Waals surface area (Å²) in [4.78, 5) is 12.3. The van der Waals surface area contributed by atoms with E-state index in [0.29, 0.717) is 0 Å². The van der Waals surface area contributed by atoms with Crippen LogP contribution in [0.4, 0.5) is 8.78 Å². The maximum Gasteiger partial charge on any atom is 0.382 e. The first kappa shape index (κ1) is 11.3. The van der Waals surface area contributed by atoms with Gasteiger partial charge in [-0.05, 0) is 19.1 Å². The van der Waals surface area contributed by atoms with Crippen LogP contribution in [-0.4, -0.2) is 12.7 Å². The lowest BCUT2D eigenvalue weighted by atomic mass is 10.1. The average molecular weight is 213 g/mol. The molecule has 0 aliphatic carbocycles. The van der Waals surface area contributed by atoms with Crippen LogP contribution in [0.3, 0.4) is 0 Å². The molecular weight excluding hydrogens is 204 g/mol. The maximum absolute atomic E-state index is 13.2. The summed E-state index contributed by atoms with van der Waals surface area (Å²) in [5.41, 5.74) is -0.435. The molecule has 0 fully saturated rings. The number of para-hydroxylation sites is 1. The fourth-order valence-electron chi connectivity index (χ4n) is 1.11. The van der Waals surface area contributed by atoms with Crippen LogP contribution in [0.15, 0.2) is 29.3 Å². The van der Waals surface area contributed by atoms with Gasteiger partial charge in [0.2, 0.25) is 6.08 Å². The summed E-state index contributed by atoms with van der Waals surface area (Å²) in [6.45, 7) is 1.94. The van der Waals surface area contributed by atoms with E-state index in [0.717, 1.165) is 12.1 Å². The van der Waals surface area contributed by atoms with Gasteiger partial charge in [-0.15, -0.1) is 4.99 Å². The van der Waals surface area contributed by atoms with E-state index in [2.05, 4.69) is 4.99 Å². The highest BCUT2D eigenvalue weighted by atomic mass is 19.3. The highest BCUT2D eigenvalue weighted by molar-refractivity contribution is 5.40. The number of nitrogens with zero attached hydrogens (tertiary/aromatic N) is 1. The standard InChI is InChI=1S/C10H9F2NO2/c1-2-15-9-6-4-3-5-8(9)10(11,12)13-7-14/h3-6H,2H2,1H3. The van der Waals surface area contributed by atoms with E-state index < -0.39 is 11.6 Å². The Bertz CT molecular complexity index is 387. The zero-order chi connectivity index (χ0) is 11.3. The molecule has 0 saturated carbocycles. The molecule has 0 N–H and O–H groups in total. The maximum atomic E-state index is 13.2. The first-order chi connectivity index (χ1) is 7.11. The predicted octanol–water partition coefficient (Wildman–Crippen LogP) is 2.47. The molecule has 0 aromatic heterocycles. The van der Waals surface area contributed by atoms with E-state index in [-0.39, 0.29) is 12.4 Å². The van der Waals surface area contributed by atoms with Crippen LogP contribution in [0.1, 0.15) is 12.5 Å². The monoisotopic (exact) mass is 213 g/mol. The van der Waals surface area contributed by atoms with Crippen molar-refractivity contribution in [3.63, 3.8) is 0 Å². The molecule has 0 unspecified atom stereocenters. The van der Waals surface area contributed by atoms with Gasteiger partial charge < -0.3 is 4.74 Å². The number of aliphatic imine (C=N–C) groups is 1. The Labute approximate surface area is 85.4 Å². The summed E-state index contributed by atoms with van der Waals surface area (Å²) in [6, 6.07) is 1.95. The number of halogens is 2. The first-order valence-electron chi connectivity index (χ1n) is 4.31. The van der Waals surface area contributed by atoms with E-state index in [1.54, 1.807) is 13.0 Å². The van der Waals surface area contributed by atoms with Gasteiger partial charge in [-0.3, -0.25) is 0 Å². The third-order valence-electron chi connectivity index (χ3n) is 1.70. The third-order valence-corrected chi connectivity index (χ3v) is 1.70. The summed E-state index contributed by atoms with van der Waals surface area (Å²) in [6.07, 6.45) is 0.845. The minimum absolute atomic E-state index is 0.0176. The van der Waals surface area contributed by atoms with Crippen LogP contribution < -0.4 is 4.74 Å². The largest absolute Gasteiger partial charge is 0.493 e. The Morgan fingerprint density at radius 1 is 1.47 bits per heavy atom. The SMILES string of the molecule is CCOc1ccccc1C(F)(F)N=C=O. The van der Waals surface area contributed by atoms with Gasteiger partial charge in [0.25, 0.3) is 0 Å². The Morgan fingerprint density at radius 3 is 2.73 bits per heavy atom. The van der Waals surface area contributed by atoms with Crippen LogP contribution >= 0.6 is 0 Å². The minimum atomic E-state index is -3.59. The van der Waals surface area contributed by atoms with E-state index >= 15 is 0 Å². The summed E-state index contributed by atoms with van der Waals surface area (Å²) >= 11 is 0. The Morgan fingerprint density at radius 2 is 2.13 bits per heavy atom. The molecule has 5 heteroatoms. The van der Waals surface area contributed by atoms with Crippen LogP contribution in [0.2, 0.25) is 0 Å². The Hall–Kier alpha value is -1.74. The van der Waals surface area contributed by atoms with Gasteiger partial charge >= 0.3 is 6.05 Å². The quantitative estimate of drug-likeness (QED) is 0.437. The van der Waals surface area contributed by atoms with Crippen molar-refractivity contribution in [1.82, 2.24) is 0 Å². The number of hydrogen-bond acceptors (Lipinski definition) is 3. The molecule has 80 valence electrons. The minimum Gasteiger partial charge on any atom is -0.493 e. The zero-order valence-electron chi connectivity index (χ0n) is 8.04. The molecule has 0 atom stereocenters. The smallest absolute Gasteiger partial charge is 0.382 e. The molecule has 1 rings (SSSR count). The number of rotatable bonds is 4. The summed E-state index contributed by atoms with van der Waals surface area (Å²) < 4.78 is 31.5. The Balaban J connectivity index is 3.17. The van der Waals surface area contributed by atoms with Gasteiger partial charge in [-0.1, -0.05) is 12.1 Å². The van der Waals surface area contributed by atoms with Crippen molar-refractivity contribution in [3.8, 4) is 5.75 Å². The summed E-state index contributed by atoms with van der Waals surface area (Å²) in [5, 5.41) is 0. The second-order valence-electron chi connectivity index (χ2n) is 2.67. The van der Waals surface area contributed by atoms with Crippen LogP contribution in [0.25, 0.3) is 0 Å². The van der Waals surface area contributed by atoms with E-state index in [1.807, 2.05) is 0 Å². The van der Waals surface area contributed by atoms with Gasteiger partial charge in [0.1, 0.15) is 5.75 Å². The second kappa shape index (κ2) is 4.66. The van der Waals surface area contributed by atoms with Gasteiger partial charge in [-0.25, -0.2) is 4.79 Å². The number of benzene rings is 1. The highest BCUT2D eigenvalue weighted by Gasteiger charge is 2.34. The lowest BCUT2D eigenvalue weighted by Gasteiger charge is -2.14. The number of carbonyl (C=O) groups excluding carboxylic acids is 1. The average Bonchev–Trinajstić information content (AvgIpc) is 2.19. The lowest BCUT2D eigenvalue weighted by Crippen LogP contribution is -2.11. The molecule has 0 bridgehead atoms. The summed E-state index contributed by atoms with van der Waals surface area (Å²) in [7, 11) is 0. The first-order valence-corrected chi connectivity index (χ1v) is 4.31. The van der Waals surface area contributed by atoms with Gasteiger partial charge in [0.05, 0.1) is 12.2 Å². The molecule has 1 aromatic carbocycles. The molecule has 0 aliphatic rings. The number of ether oxygens (including phenoxy) is 1. The van der Waals surface area contributed by atoms with E-state index in [9.17, 15) is 13.6 Å². The van der Waals surface area contributed by atoms with Crippen molar-refractivity contribution in [2.24, 2.45) is 4.99 Å². The molecule has 1 aromatic rings. The van der Waals surface area contributed by atoms with Crippen molar-refractivity contribution in [1.29, 1.82) is 0 Å². The fraction of sp³-hybridized carbons (Fsp3) is 0.300. The number of alkyl halides is 2. The van der Waals surface area contributed by atoms with Crippen LogP contribution in [-0.2, 0) is 10.8 Å². The van der Waals surface area contributed by atoms with Crippen molar-refractivity contribution in [2.45, 2.75) is 13.0 Å². The molecule has 15 heavy (non-hydrogen) atoms. The Kier molecular flexibility index (Phi) is 3.52. The zero-order valence-corrected chi connectivity index (χ0v) is 8.04. The molecule has 3 nitrogen and oxygen atoms in total. The molecule has 0 saturated heterocycles. The molecule has 0 heterocycles. The molecule has 0 spiro atoms. The van der Waals surface area contributed by atoms with Crippen molar-refractivity contribution >= 4 is 6.08 Å². The lowest BCUT2D eigenvalue weighted by molar-refractivity contribution is 0.00348. The highest BCUT2D eigenvalue weighted by Crippen LogP contribution is 2.35. The van der Waals surface area contributed by atoms with Crippen LogP contribution in [0.5, 0.6) is 5.75 Å². The van der Waals surface area contributed by atoms with Crippen molar-refractivity contribution in [3.05, 3.63) is 29.8 Å². The fourth-order valence-corrected chi connectivity index (χ4v) is 1.11. The normalized spacial score (nSPS) is 10.6. The molecule has 0 radical (unpaired) electrons. The predicted molar refractivity (Wildman–Crippen MR) is 49.6 cm³/mol. The van der Waals surface area contributed by atoms with Gasteiger partial charge in [0, 0.05) is 0 Å². The van der Waals surface area contributed by atoms with Crippen LogP contribution in [0, 0.1) is 0 Å². The third kappa shape index (κ3) is 2.60. The van der Waals surface area contributed by atoms with E-state index in [1.165, 1.54) is 12.1 Å². The van der Waals surface area contributed by atoms with Gasteiger partial charge in [0.15, 0.2) is 0 Å².